The smallest absolute Gasteiger partial charge is 0.256 e. The average Bonchev–Trinajstić information content (AvgIpc) is 3.26. The number of anilines is 2. The maximum Gasteiger partial charge on any atom is 0.256 e. The number of ether oxygens (including phenoxy) is 1. The molecule has 10 heteroatoms. The molecule has 1 aromatic heterocycles. The molecule has 4 aromatic rings. The first-order valence-corrected chi connectivity index (χ1v) is 11.5. The third-order valence-electron chi connectivity index (χ3n) is 5.53. The van der Waals surface area contributed by atoms with Crippen LogP contribution >= 0.6 is 23.2 Å². The lowest BCUT2D eigenvalue weighted by Crippen LogP contribution is -2.23. The monoisotopic (exact) mass is 511 g/mol. The summed E-state index contributed by atoms with van der Waals surface area (Å²) in [5.74, 6) is -0.0662. The Kier molecular flexibility index (Phi) is 7.55. The Balaban J connectivity index is 1.54. The van der Waals surface area contributed by atoms with Crippen molar-refractivity contribution in [1.82, 2.24) is 10.2 Å². The Morgan fingerprint density at radius 2 is 1.80 bits per heavy atom. The van der Waals surface area contributed by atoms with E-state index < -0.39 is 5.92 Å². The topological polar surface area (TPSA) is 122 Å². The molecule has 3 aromatic carbocycles. The lowest BCUT2D eigenvalue weighted by atomic mass is 9.94. The predicted octanol–water partition coefficient (Wildman–Crippen LogP) is 5.20. The van der Waals surface area contributed by atoms with E-state index in [-0.39, 0.29) is 11.8 Å². The number of H-pyrrole nitrogens is 1. The Labute approximate surface area is 211 Å². The molecule has 1 heterocycles. The molecule has 0 radical (unpaired) electrons. The van der Waals surface area contributed by atoms with Crippen LogP contribution in [-0.4, -0.2) is 35.7 Å². The maximum absolute atomic E-state index is 13.1. The van der Waals surface area contributed by atoms with Gasteiger partial charge in [-0.05, 0) is 73.1 Å². The summed E-state index contributed by atoms with van der Waals surface area (Å²) in [7, 11) is 1.56. The molecule has 1 atom stereocenters. The summed E-state index contributed by atoms with van der Waals surface area (Å²) < 4.78 is 5.13. The molecular formula is C25H23Cl2N5O3. The summed E-state index contributed by atoms with van der Waals surface area (Å²) in [6.45, 7) is 0.320. The van der Waals surface area contributed by atoms with E-state index in [4.69, 9.17) is 33.7 Å². The third kappa shape index (κ3) is 5.57. The second-order valence-electron chi connectivity index (χ2n) is 7.81. The van der Waals surface area contributed by atoms with Gasteiger partial charge in [0.2, 0.25) is 5.91 Å². The maximum atomic E-state index is 13.1. The molecule has 0 bridgehead atoms. The minimum Gasteiger partial charge on any atom is -0.497 e. The standard InChI is InChI=1S/C25H23Cl2N5O3/c1-35-17-6-2-14(3-7-17)24(33)30-23-19-13-16(5-9-22(19)31-32-23)29-25(34)18(10-11-28)15-4-8-20(26)21(27)12-15/h2-9,12-13,18H,10-11,28H2,1H3,(H,29,34)(H2,30,31,32,33). The van der Waals surface area contributed by atoms with Gasteiger partial charge < -0.3 is 21.1 Å². The van der Waals surface area contributed by atoms with E-state index in [1.54, 1.807) is 67.8 Å². The molecule has 0 saturated heterocycles. The number of benzene rings is 3. The van der Waals surface area contributed by atoms with Crippen LogP contribution in [0, 0.1) is 0 Å². The number of methoxy groups -OCH3 is 1. The second-order valence-corrected chi connectivity index (χ2v) is 8.62. The summed E-state index contributed by atoms with van der Waals surface area (Å²) in [5, 5.41) is 14.3. The highest BCUT2D eigenvalue weighted by molar-refractivity contribution is 6.42. The van der Waals surface area contributed by atoms with Crippen molar-refractivity contribution in [2.75, 3.05) is 24.3 Å². The number of carbonyl (C=O) groups excluding carboxylic acids is 2. The summed E-state index contributed by atoms with van der Waals surface area (Å²) in [6, 6.07) is 17.1. The van der Waals surface area contributed by atoms with E-state index in [1.165, 1.54) is 0 Å². The van der Waals surface area contributed by atoms with Gasteiger partial charge in [0.25, 0.3) is 5.91 Å². The fourth-order valence-electron chi connectivity index (χ4n) is 3.68. The van der Waals surface area contributed by atoms with Crippen LogP contribution in [0.2, 0.25) is 10.0 Å². The van der Waals surface area contributed by atoms with Gasteiger partial charge in [0.05, 0.1) is 28.6 Å². The summed E-state index contributed by atoms with van der Waals surface area (Å²) >= 11 is 12.2. The van der Waals surface area contributed by atoms with Crippen LogP contribution < -0.4 is 21.1 Å². The lowest BCUT2D eigenvalue weighted by molar-refractivity contribution is -0.117. The highest BCUT2D eigenvalue weighted by Gasteiger charge is 2.21. The Morgan fingerprint density at radius 1 is 1.03 bits per heavy atom. The molecule has 8 nitrogen and oxygen atoms in total. The molecule has 2 amide bonds. The molecule has 0 spiro atoms. The van der Waals surface area contributed by atoms with Gasteiger partial charge in [-0.2, -0.15) is 5.10 Å². The molecule has 35 heavy (non-hydrogen) atoms. The van der Waals surface area contributed by atoms with Crippen LogP contribution in [0.4, 0.5) is 11.5 Å². The number of aromatic nitrogens is 2. The Hall–Kier alpha value is -3.59. The van der Waals surface area contributed by atoms with Gasteiger partial charge in [0.1, 0.15) is 5.75 Å². The van der Waals surface area contributed by atoms with Crippen molar-refractivity contribution in [1.29, 1.82) is 0 Å². The van der Waals surface area contributed by atoms with E-state index in [0.717, 1.165) is 5.56 Å². The number of amides is 2. The number of carbonyl (C=O) groups is 2. The van der Waals surface area contributed by atoms with Crippen LogP contribution in [0.5, 0.6) is 5.75 Å². The quantitative estimate of drug-likeness (QED) is 0.259. The number of aromatic amines is 1. The number of rotatable bonds is 8. The first-order chi connectivity index (χ1) is 16.9. The molecule has 180 valence electrons. The van der Waals surface area contributed by atoms with Crippen molar-refractivity contribution >= 4 is 57.4 Å². The zero-order valence-electron chi connectivity index (χ0n) is 18.8. The summed E-state index contributed by atoms with van der Waals surface area (Å²) in [4.78, 5) is 25.8. The number of fused-ring (bicyclic) bond motifs is 1. The zero-order valence-corrected chi connectivity index (χ0v) is 20.3. The summed E-state index contributed by atoms with van der Waals surface area (Å²) in [5.41, 5.74) is 8.19. The molecule has 4 rings (SSSR count). The van der Waals surface area contributed by atoms with Gasteiger partial charge in [0.15, 0.2) is 5.82 Å². The van der Waals surface area contributed by atoms with Crippen LogP contribution in [0.3, 0.4) is 0 Å². The molecule has 0 aliphatic heterocycles. The molecule has 0 aliphatic rings. The predicted molar refractivity (Wildman–Crippen MR) is 139 cm³/mol. The normalized spacial score (nSPS) is 11.8. The number of nitrogens with zero attached hydrogens (tertiary/aromatic N) is 1. The second kappa shape index (κ2) is 10.8. The van der Waals surface area contributed by atoms with Crippen molar-refractivity contribution in [3.63, 3.8) is 0 Å². The highest BCUT2D eigenvalue weighted by Crippen LogP contribution is 2.30. The van der Waals surface area contributed by atoms with Crippen LogP contribution in [0.25, 0.3) is 10.9 Å². The number of hydrogen-bond donors (Lipinski definition) is 4. The van der Waals surface area contributed by atoms with Crippen molar-refractivity contribution in [2.45, 2.75) is 12.3 Å². The van der Waals surface area contributed by atoms with Gasteiger partial charge in [0, 0.05) is 16.6 Å². The minimum absolute atomic E-state index is 0.236. The molecule has 0 aliphatic carbocycles. The number of nitrogens with two attached hydrogens (primary N) is 1. The lowest BCUT2D eigenvalue weighted by Gasteiger charge is -2.17. The van der Waals surface area contributed by atoms with Gasteiger partial charge in [-0.25, -0.2) is 0 Å². The summed E-state index contributed by atoms with van der Waals surface area (Å²) in [6.07, 6.45) is 0.431. The molecule has 0 fully saturated rings. The van der Waals surface area contributed by atoms with Crippen molar-refractivity contribution in [3.05, 3.63) is 81.8 Å². The largest absolute Gasteiger partial charge is 0.497 e. The Morgan fingerprint density at radius 3 is 2.49 bits per heavy atom. The van der Waals surface area contributed by atoms with Crippen LogP contribution in [0.15, 0.2) is 60.7 Å². The molecular weight excluding hydrogens is 489 g/mol. The zero-order chi connectivity index (χ0) is 24.9. The SMILES string of the molecule is COc1ccc(C(=O)Nc2n[nH]c3ccc(NC(=O)C(CCN)c4ccc(Cl)c(Cl)c4)cc23)cc1. The Bertz CT molecular complexity index is 1370. The molecule has 1 unspecified atom stereocenters. The van der Waals surface area contributed by atoms with E-state index in [0.29, 0.717) is 56.7 Å². The van der Waals surface area contributed by atoms with E-state index >= 15 is 0 Å². The number of nitrogens with one attached hydrogen (secondary N) is 3. The van der Waals surface area contributed by atoms with Crippen molar-refractivity contribution in [3.8, 4) is 5.75 Å². The minimum atomic E-state index is -0.510. The first kappa shape index (κ1) is 24.5. The average molecular weight is 512 g/mol. The van der Waals surface area contributed by atoms with Gasteiger partial charge in [-0.1, -0.05) is 29.3 Å². The number of halogens is 2. The fourth-order valence-corrected chi connectivity index (χ4v) is 3.99. The van der Waals surface area contributed by atoms with E-state index in [1.807, 2.05) is 0 Å². The van der Waals surface area contributed by atoms with Crippen LogP contribution in [-0.2, 0) is 4.79 Å². The van der Waals surface area contributed by atoms with Crippen molar-refractivity contribution in [2.24, 2.45) is 5.73 Å². The fraction of sp³-hybridized carbons (Fsp3) is 0.160. The van der Waals surface area contributed by atoms with Gasteiger partial charge >= 0.3 is 0 Å². The van der Waals surface area contributed by atoms with Crippen LogP contribution in [0.1, 0.15) is 28.3 Å². The van der Waals surface area contributed by atoms with Crippen molar-refractivity contribution < 1.29 is 14.3 Å². The van der Waals surface area contributed by atoms with E-state index in [2.05, 4.69) is 20.8 Å². The molecule has 5 N–H and O–H groups in total. The third-order valence-corrected chi connectivity index (χ3v) is 6.27. The first-order valence-electron chi connectivity index (χ1n) is 10.8. The van der Waals surface area contributed by atoms with Gasteiger partial charge in [-0.15, -0.1) is 0 Å². The molecule has 0 saturated carbocycles. The highest BCUT2D eigenvalue weighted by atomic mass is 35.5. The number of hydrogen-bond acceptors (Lipinski definition) is 5. The van der Waals surface area contributed by atoms with E-state index in [9.17, 15) is 9.59 Å². The van der Waals surface area contributed by atoms with Gasteiger partial charge in [-0.3, -0.25) is 14.7 Å².